The van der Waals surface area contributed by atoms with Crippen LogP contribution in [0.5, 0.6) is 0 Å². The van der Waals surface area contributed by atoms with Gasteiger partial charge >= 0.3 is 0 Å². The second-order valence-corrected chi connectivity index (χ2v) is 4.21. The van der Waals surface area contributed by atoms with Crippen molar-refractivity contribution in [2.24, 2.45) is 0 Å². The summed E-state index contributed by atoms with van der Waals surface area (Å²) >= 11 is 0. The average Bonchev–Trinajstić information content (AvgIpc) is 3.01. The predicted octanol–water partition coefficient (Wildman–Crippen LogP) is 1.66. The van der Waals surface area contributed by atoms with Gasteiger partial charge in [-0.05, 0) is 25.0 Å². The molecule has 0 aromatic carbocycles. The molecule has 2 aromatic rings. The summed E-state index contributed by atoms with van der Waals surface area (Å²) in [7, 11) is 0. The van der Waals surface area contributed by atoms with Crippen LogP contribution in [0.3, 0.4) is 0 Å². The van der Waals surface area contributed by atoms with Crippen LogP contribution in [0.25, 0.3) is 5.82 Å². The number of halogens is 1. The Morgan fingerprint density at radius 2 is 2.29 bits per heavy atom. The number of hydrogen-bond acceptors (Lipinski definition) is 3. The molecule has 1 fully saturated rings. The van der Waals surface area contributed by atoms with Crippen LogP contribution < -0.4 is 5.32 Å². The molecule has 4 nitrogen and oxygen atoms in total. The molecule has 2 aromatic heterocycles. The highest BCUT2D eigenvalue weighted by Gasteiger charge is 2.21. The molecule has 0 saturated heterocycles. The molecule has 0 radical (unpaired) electrons. The third-order valence-corrected chi connectivity index (χ3v) is 2.83. The first-order chi connectivity index (χ1) is 8.34. The molecule has 1 aliphatic carbocycles. The fourth-order valence-corrected chi connectivity index (χ4v) is 1.70. The van der Waals surface area contributed by atoms with Gasteiger partial charge in [-0.2, -0.15) is 5.10 Å². The van der Waals surface area contributed by atoms with Gasteiger partial charge in [0.2, 0.25) is 0 Å². The summed E-state index contributed by atoms with van der Waals surface area (Å²) in [6.07, 6.45) is 7.29. The smallest absolute Gasteiger partial charge is 0.189 e. The lowest BCUT2D eigenvalue weighted by atomic mass is 10.2. The van der Waals surface area contributed by atoms with E-state index in [1.165, 1.54) is 17.5 Å². The lowest BCUT2D eigenvalue weighted by Gasteiger charge is -2.08. The first-order valence-corrected chi connectivity index (χ1v) is 5.71. The van der Waals surface area contributed by atoms with Gasteiger partial charge in [0.05, 0.1) is 0 Å². The van der Waals surface area contributed by atoms with Crippen molar-refractivity contribution >= 4 is 0 Å². The molecular formula is C12H13FN4. The molecule has 0 aliphatic heterocycles. The molecule has 0 atom stereocenters. The Hall–Kier alpha value is -1.75. The highest BCUT2D eigenvalue weighted by molar-refractivity contribution is 5.29. The van der Waals surface area contributed by atoms with Gasteiger partial charge in [-0.3, -0.25) is 0 Å². The summed E-state index contributed by atoms with van der Waals surface area (Å²) in [6, 6.07) is 4.02. The zero-order valence-corrected chi connectivity index (χ0v) is 9.31. The van der Waals surface area contributed by atoms with Gasteiger partial charge in [-0.1, -0.05) is 0 Å². The number of hydrogen-bond donors (Lipinski definition) is 1. The topological polar surface area (TPSA) is 42.7 Å². The van der Waals surface area contributed by atoms with Crippen molar-refractivity contribution in [2.75, 3.05) is 0 Å². The van der Waals surface area contributed by atoms with E-state index in [2.05, 4.69) is 15.4 Å². The normalized spacial score (nSPS) is 15.1. The van der Waals surface area contributed by atoms with Crippen molar-refractivity contribution in [3.63, 3.8) is 0 Å². The number of nitrogens with zero attached hydrogens (tertiary/aromatic N) is 3. The van der Waals surface area contributed by atoms with Crippen molar-refractivity contribution in [2.45, 2.75) is 25.4 Å². The summed E-state index contributed by atoms with van der Waals surface area (Å²) in [5, 5.41) is 7.28. The zero-order chi connectivity index (χ0) is 11.7. The Bertz CT molecular complexity index is 505. The minimum Gasteiger partial charge on any atom is -0.310 e. The van der Waals surface area contributed by atoms with Gasteiger partial charge < -0.3 is 5.32 Å². The molecule has 0 unspecified atom stereocenters. The van der Waals surface area contributed by atoms with Crippen molar-refractivity contribution in [1.29, 1.82) is 0 Å². The largest absolute Gasteiger partial charge is 0.310 e. The van der Waals surface area contributed by atoms with E-state index < -0.39 is 0 Å². The minimum atomic E-state index is -0.302. The Labute approximate surface area is 98.5 Å². The highest BCUT2D eigenvalue weighted by Crippen LogP contribution is 2.20. The maximum absolute atomic E-state index is 14.1. The van der Waals surface area contributed by atoms with E-state index in [1.807, 2.05) is 0 Å². The summed E-state index contributed by atoms with van der Waals surface area (Å²) < 4.78 is 15.6. The number of pyridine rings is 1. The number of rotatable bonds is 4. The van der Waals surface area contributed by atoms with Crippen molar-refractivity contribution in [3.8, 4) is 5.82 Å². The fraction of sp³-hybridized carbons (Fsp3) is 0.333. The maximum Gasteiger partial charge on any atom is 0.189 e. The monoisotopic (exact) mass is 232 g/mol. The molecule has 88 valence electrons. The van der Waals surface area contributed by atoms with Crippen LogP contribution in [-0.2, 0) is 6.54 Å². The molecule has 0 spiro atoms. The van der Waals surface area contributed by atoms with Crippen LogP contribution in [0.15, 0.2) is 30.7 Å². The molecule has 1 aliphatic rings. The molecule has 3 rings (SSSR count). The van der Waals surface area contributed by atoms with E-state index in [9.17, 15) is 4.39 Å². The van der Waals surface area contributed by atoms with Crippen molar-refractivity contribution < 1.29 is 4.39 Å². The van der Waals surface area contributed by atoms with Crippen LogP contribution in [0.4, 0.5) is 4.39 Å². The summed E-state index contributed by atoms with van der Waals surface area (Å²) in [5.41, 5.74) is 0.636. The Kier molecular flexibility index (Phi) is 2.60. The summed E-state index contributed by atoms with van der Waals surface area (Å²) in [5.74, 6) is -0.0468. The van der Waals surface area contributed by atoms with Gasteiger partial charge in [0.25, 0.3) is 0 Å². The number of aromatic nitrogens is 3. The van der Waals surface area contributed by atoms with Gasteiger partial charge in [0, 0.05) is 36.7 Å². The van der Waals surface area contributed by atoms with E-state index in [0.717, 1.165) is 0 Å². The number of nitrogens with one attached hydrogen (secondary N) is 1. The first kappa shape index (κ1) is 10.4. The quantitative estimate of drug-likeness (QED) is 0.871. The summed E-state index contributed by atoms with van der Waals surface area (Å²) in [4.78, 5) is 4.02. The summed E-state index contributed by atoms with van der Waals surface area (Å²) in [6.45, 7) is 0.549. The van der Waals surface area contributed by atoms with Crippen LogP contribution in [0.1, 0.15) is 18.4 Å². The maximum atomic E-state index is 14.1. The standard InChI is InChI=1S/C12H13FN4/c13-11-9(8-15-10-2-3-10)4-6-14-12(11)17-7-1-5-16-17/h1,4-7,10,15H,2-3,8H2. The Morgan fingerprint density at radius 1 is 1.41 bits per heavy atom. The molecule has 17 heavy (non-hydrogen) atoms. The zero-order valence-electron chi connectivity index (χ0n) is 9.31. The first-order valence-electron chi connectivity index (χ1n) is 5.71. The van der Waals surface area contributed by atoms with E-state index >= 15 is 0 Å². The van der Waals surface area contributed by atoms with Crippen molar-refractivity contribution in [1.82, 2.24) is 20.1 Å². The molecule has 1 saturated carbocycles. The SMILES string of the molecule is Fc1c(CNC2CC2)ccnc1-n1cccn1. The van der Waals surface area contributed by atoms with Gasteiger partial charge in [0.1, 0.15) is 0 Å². The Morgan fingerprint density at radius 3 is 3.00 bits per heavy atom. The lowest BCUT2D eigenvalue weighted by Crippen LogP contribution is -2.17. The van der Waals surface area contributed by atoms with Crippen LogP contribution in [0, 0.1) is 5.82 Å². The van der Waals surface area contributed by atoms with Crippen molar-refractivity contribution in [3.05, 3.63) is 42.1 Å². The van der Waals surface area contributed by atoms with E-state index in [4.69, 9.17) is 0 Å². The van der Waals surface area contributed by atoms with Crippen LogP contribution >= 0.6 is 0 Å². The van der Waals surface area contributed by atoms with Gasteiger partial charge in [0.15, 0.2) is 11.6 Å². The molecule has 1 N–H and O–H groups in total. The van der Waals surface area contributed by atoms with Crippen LogP contribution in [0.2, 0.25) is 0 Å². The molecular weight excluding hydrogens is 219 g/mol. The van der Waals surface area contributed by atoms with Gasteiger partial charge in [-0.25, -0.2) is 14.1 Å². The third kappa shape index (κ3) is 2.19. The van der Waals surface area contributed by atoms with E-state index in [-0.39, 0.29) is 11.6 Å². The average molecular weight is 232 g/mol. The third-order valence-electron chi connectivity index (χ3n) is 2.83. The molecule has 2 heterocycles. The van der Waals surface area contributed by atoms with Gasteiger partial charge in [-0.15, -0.1) is 0 Å². The lowest BCUT2D eigenvalue weighted by molar-refractivity contribution is 0.567. The van der Waals surface area contributed by atoms with Crippen LogP contribution in [-0.4, -0.2) is 20.8 Å². The predicted molar refractivity (Wildman–Crippen MR) is 61.2 cm³/mol. The Balaban J connectivity index is 1.86. The highest BCUT2D eigenvalue weighted by atomic mass is 19.1. The van der Waals surface area contributed by atoms with E-state index in [0.29, 0.717) is 18.2 Å². The minimum absolute atomic E-state index is 0.255. The molecule has 0 bridgehead atoms. The second-order valence-electron chi connectivity index (χ2n) is 4.21. The van der Waals surface area contributed by atoms with E-state index in [1.54, 1.807) is 30.7 Å². The molecule has 0 amide bonds. The fourth-order valence-electron chi connectivity index (χ4n) is 1.70. The second kappa shape index (κ2) is 4.25. The molecule has 5 heteroatoms.